The number of piperidine rings is 1. The van der Waals surface area contributed by atoms with Gasteiger partial charge in [0, 0.05) is 38.4 Å². The topological polar surface area (TPSA) is 71.5 Å². The van der Waals surface area contributed by atoms with Crippen molar-refractivity contribution >= 4 is 23.1 Å². The fourth-order valence-corrected chi connectivity index (χ4v) is 3.29. The van der Waals surface area contributed by atoms with E-state index in [2.05, 4.69) is 15.0 Å². The smallest absolute Gasteiger partial charge is 0.273 e. The molecule has 0 unspecified atom stereocenters. The molecule has 1 atom stereocenters. The van der Waals surface area contributed by atoms with Crippen LogP contribution in [0.25, 0.3) is 0 Å². The SMILES string of the molecule is Cc1nc(C(=O)N2CCC[C@@H](Oc3nccnc3N(C)C)C2)cs1. The van der Waals surface area contributed by atoms with Crippen LogP contribution in [0.2, 0.25) is 0 Å². The maximum atomic E-state index is 12.6. The van der Waals surface area contributed by atoms with Crippen molar-refractivity contribution in [3.05, 3.63) is 28.5 Å². The fraction of sp³-hybridized carbons (Fsp3) is 0.500. The Labute approximate surface area is 145 Å². The number of anilines is 1. The summed E-state index contributed by atoms with van der Waals surface area (Å²) in [5.74, 6) is 1.17. The minimum Gasteiger partial charge on any atom is -0.470 e. The van der Waals surface area contributed by atoms with Gasteiger partial charge < -0.3 is 14.5 Å². The molecule has 24 heavy (non-hydrogen) atoms. The minimum atomic E-state index is -0.0853. The number of nitrogens with zero attached hydrogens (tertiary/aromatic N) is 5. The van der Waals surface area contributed by atoms with Crippen molar-refractivity contribution < 1.29 is 9.53 Å². The zero-order valence-corrected chi connectivity index (χ0v) is 14.9. The number of likely N-dealkylation sites (tertiary alicyclic amines) is 1. The molecule has 0 aromatic carbocycles. The summed E-state index contributed by atoms with van der Waals surface area (Å²) in [6.45, 7) is 3.18. The van der Waals surface area contributed by atoms with Gasteiger partial charge in [-0.05, 0) is 19.8 Å². The van der Waals surface area contributed by atoms with E-state index in [1.165, 1.54) is 11.3 Å². The molecule has 7 nitrogen and oxygen atoms in total. The molecule has 1 aliphatic heterocycles. The molecular weight excluding hydrogens is 326 g/mol. The van der Waals surface area contributed by atoms with E-state index in [0.29, 0.717) is 23.9 Å². The normalized spacial score (nSPS) is 17.6. The van der Waals surface area contributed by atoms with E-state index in [0.717, 1.165) is 24.4 Å². The molecule has 1 amide bonds. The number of rotatable bonds is 4. The number of carbonyl (C=O) groups excluding carboxylic acids is 1. The van der Waals surface area contributed by atoms with E-state index in [1.807, 2.05) is 36.2 Å². The van der Waals surface area contributed by atoms with Crippen LogP contribution in [0, 0.1) is 6.92 Å². The summed E-state index contributed by atoms with van der Waals surface area (Å²) in [4.78, 5) is 29.1. The minimum absolute atomic E-state index is 0.0281. The van der Waals surface area contributed by atoms with Crippen LogP contribution in [0.15, 0.2) is 17.8 Å². The highest BCUT2D eigenvalue weighted by Crippen LogP contribution is 2.24. The van der Waals surface area contributed by atoms with Gasteiger partial charge in [0.05, 0.1) is 11.6 Å². The Hall–Kier alpha value is -2.22. The van der Waals surface area contributed by atoms with Crippen molar-refractivity contribution in [2.24, 2.45) is 0 Å². The molecule has 8 heteroatoms. The van der Waals surface area contributed by atoms with Crippen LogP contribution < -0.4 is 9.64 Å². The predicted molar refractivity (Wildman–Crippen MR) is 92.8 cm³/mol. The number of ether oxygens (including phenoxy) is 1. The van der Waals surface area contributed by atoms with Gasteiger partial charge in [-0.1, -0.05) is 0 Å². The van der Waals surface area contributed by atoms with Crippen molar-refractivity contribution in [1.82, 2.24) is 19.9 Å². The largest absolute Gasteiger partial charge is 0.470 e. The molecule has 0 bridgehead atoms. The third-order valence-electron chi connectivity index (χ3n) is 3.85. The van der Waals surface area contributed by atoms with Crippen LogP contribution in [0.3, 0.4) is 0 Å². The number of hydrogen-bond donors (Lipinski definition) is 0. The van der Waals surface area contributed by atoms with E-state index >= 15 is 0 Å². The van der Waals surface area contributed by atoms with Gasteiger partial charge in [-0.15, -0.1) is 11.3 Å². The molecule has 0 saturated carbocycles. The monoisotopic (exact) mass is 347 g/mol. The molecule has 0 aliphatic carbocycles. The van der Waals surface area contributed by atoms with E-state index in [9.17, 15) is 4.79 Å². The van der Waals surface area contributed by atoms with Gasteiger partial charge in [-0.2, -0.15) is 0 Å². The number of thiazole rings is 1. The third-order valence-corrected chi connectivity index (χ3v) is 4.63. The summed E-state index contributed by atoms with van der Waals surface area (Å²) in [5, 5.41) is 2.72. The van der Waals surface area contributed by atoms with Crippen LogP contribution in [0.4, 0.5) is 5.82 Å². The molecule has 0 radical (unpaired) electrons. The maximum Gasteiger partial charge on any atom is 0.273 e. The summed E-state index contributed by atoms with van der Waals surface area (Å²) in [6.07, 6.45) is 4.97. The number of carbonyl (C=O) groups is 1. The molecule has 0 N–H and O–H groups in total. The van der Waals surface area contributed by atoms with Crippen molar-refractivity contribution in [3.8, 4) is 5.88 Å². The Morgan fingerprint density at radius 2 is 2.17 bits per heavy atom. The summed E-state index contributed by atoms with van der Waals surface area (Å²) < 4.78 is 6.04. The van der Waals surface area contributed by atoms with Crippen molar-refractivity contribution in [2.75, 3.05) is 32.1 Å². The quantitative estimate of drug-likeness (QED) is 0.842. The van der Waals surface area contributed by atoms with Gasteiger partial charge in [-0.25, -0.2) is 15.0 Å². The second-order valence-corrected chi connectivity index (χ2v) is 7.03. The lowest BCUT2D eigenvalue weighted by atomic mass is 10.1. The van der Waals surface area contributed by atoms with Crippen molar-refractivity contribution in [2.45, 2.75) is 25.9 Å². The van der Waals surface area contributed by atoms with Gasteiger partial charge in [-0.3, -0.25) is 4.79 Å². The molecule has 128 valence electrons. The lowest BCUT2D eigenvalue weighted by Crippen LogP contribution is -2.44. The van der Waals surface area contributed by atoms with Gasteiger partial charge >= 0.3 is 0 Å². The first-order valence-corrected chi connectivity index (χ1v) is 8.79. The molecule has 2 aromatic heterocycles. The highest BCUT2D eigenvalue weighted by Gasteiger charge is 2.28. The first kappa shape index (κ1) is 16.6. The predicted octanol–water partition coefficient (Wildman–Crippen LogP) is 1.99. The first-order chi connectivity index (χ1) is 11.5. The Kier molecular flexibility index (Phi) is 4.94. The highest BCUT2D eigenvalue weighted by molar-refractivity contribution is 7.09. The summed E-state index contributed by atoms with van der Waals surface area (Å²) in [6, 6.07) is 0. The molecule has 0 spiro atoms. The molecule has 1 saturated heterocycles. The van der Waals surface area contributed by atoms with Crippen LogP contribution in [-0.4, -0.2) is 59.0 Å². The van der Waals surface area contributed by atoms with Gasteiger partial charge in [0.25, 0.3) is 11.8 Å². The summed E-state index contributed by atoms with van der Waals surface area (Å²) >= 11 is 1.49. The highest BCUT2D eigenvalue weighted by atomic mass is 32.1. The lowest BCUT2D eigenvalue weighted by molar-refractivity contribution is 0.0523. The van der Waals surface area contributed by atoms with Crippen LogP contribution in [0.1, 0.15) is 28.3 Å². The zero-order valence-electron chi connectivity index (χ0n) is 14.1. The van der Waals surface area contributed by atoms with Crippen molar-refractivity contribution in [3.63, 3.8) is 0 Å². The molecule has 3 heterocycles. The Morgan fingerprint density at radius 3 is 2.88 bits per heavy atom. The number of hydrogen-bond acceptors (Lipinski definition) is 7. The standard InChI is InChI=1S/C16H21N5O2S/c1-11-19-13(10-24-11)16(22)21-8-4-5-12(9-21)23-15-14(20(2)3)17-6-7-18-15/h6-7,10,12H,4-5,8-9H2,1-3H3/t12-/m1/s1. The molecule has 1 aliphatic rings. The fourth-order valence-electron chi connectivity index (χ4n) is 2.71. The number of amides is 1. The maximum absolute atomic E-state index is 12.6. The Morgan fingerprint density at radius 1 is 1.38 bits per heavy atom. The Bertz CT molecular complexity index is 718. The van der Waals surface area contributed by atoms with Gasteiger partial charge in [0.1, 0.15) is 11.8 Å². The Balaban J connectivity index is 1.69. The average molecular weight is 347 g/mol. The lowest BCUT2D eigenvalue weighted by Gasteiger charge is -2.32. The van der Waals surface area contributed by atoms with Crippen LogP contribution in [-0.2, 0) is 0 Å². The van der Waals surface area contributed by atoms with Crippen molar-refractivity contribution in [1.29, 1.82) is 0 Å². The third kappa shape index (κ3) is 3.64. The van der Waals surface area contributed by atoms with Crippen LogP contribution in [0.5, 0.6) is 5.88 Å². The second kappa shape index (κ2) is 7.12. The van der Waals surface area contributed by atoms with E-state index < -0.39 is 0 Å². The van der Waals surface area contributed by atoms with Gasteiger partial charge in [0.2, 0.25) is 0 Å². The summed E-state index contributed by atoms with van der Waals surface area (Å²) in [5.41, 5.74) is 0.520. The zero-order chi connectivity index (χ0) is 17.1. The first-order valence-electron chi connectivity index (χ1n) is 7.91. The van der Waals surface area contributed by atoms with E-state index in [1.54, 1.807) is 12.4 Å². The number of aryl methyl sites for hydroxylation is 1. The molecular formula is C16H21N5O2S. The molecule has 1 fully saturated rings. The second-order valence-electron chi connectivity index (χ2n) is 5.96. The number of aromatic nitrogens is 3. The van der Waals surface area contributed by atoms with E-state index in [-0.39, 0.29) is 12.0 Å². The molecule has 2 aromatic rings. The summed E-state index contributed by atoms with van der Waals surface area (Å²) in [7, 11) is 3.80. The van der Waals surface area contributed by atoms with E-state index in [4.69, 9.17) is 4.74 Å². The molecule has 3 rings (SSSR count). The van der Waals surface area contributed by atoms with Crippen LogP contribution >= 0.6 is 11.3 Å². The average Bonchev–Trinajstić information content (AvgIpc) is 3.01. The van der Waals surface area contributed by atoms with Gasteiger partial charge in [0.15, 0.2) is 5.82 Å².